The largest absolute Gasteiger partial charge is 0.387 e. The Balaban J connectivity index is 1.62. The lowest BCUT2D eigenvalue weighted by Crippen LogP contribution is -2.28. The van der Waals surface area contributed by atoms with Crippen LogP contribution in [0.1, 0.15) is 48.4 Å². The number of hydrogen-bond acceptors (Lipinski definition) is 3. The van der Waals surface area contributed by atoms with Gasteiger partial charge in [-0.05, 0) is 28.7 Å². The molecule has 5 nitrogen and oxygen atoms in total. The van der Waals surface area contributed by atoms with E-state index in [1.54, 1.807) is 18.2 Å². The standard InChI is InChI=1S/C22H24FN3O2/c1-22(2,3)17-10-8-15(9-11-17)20(27)13-24-21(28)16-12-25-26(14-16)19-7-5-4-6-18(19)23/h4-12,14,20,27H,13H2,1-3H3,(H,24,28). The van der Waals surface area contributed by atoms with E-state index in [0.717, 1.165) is 5.56 Å². The maximum absolute atomic E-state index is 13.8. The van der Waals surface area contributed by atoms with Crippen LogP contribution in [-0.2, 0) is 5.41 Å². The molecule has 1 amide bonds. The minimum Gasteiger partial charge on any atom is -0.387 e. The number of aromatic nitrogens is 2. The molecule has 1 aromatic heterocycles. The van der Waals surface area contributed by atoms with Crippen molar-refractivity contribution < 1.29 is 14.3 Å². The minimum atomic E-state index is -0.820. The molecule has 2 aromatic carbocycles. The fourth-order valence-corrected chi connectivity index (χ4v) is 2.82. The van der Waals surface area contributed by atoms with Gasteiger partial charge in [-0.3, -0.25) is 4.79 Å². The summed E-state index contributed by atoms with van der Waals surface area (Å²) in [4.78, 5) is 12.3. The van der Waals surface area contributed by atoms with Crippen LogP contribution >= 0.6 is 0 Å². The van der Waals surface area contributed by atoms with E-state index in [0.29, 0.717) is 5.56 Å². The topological polar surface area (TPSA) is 67.2 Å². The van der Waals surface area contributed by atoms with Gasteiger partial charge in [0, 0.05) is 12.7 Å². The van der Waals surface area contributed by atoms with E-state index < -0.39 is 11.9 Å². The molecule has 1 atom stereocenters. The molecule has 146 valence electrons. The molecule has 0 fully saturated rings. The first-order valence-corrected chi connectivity index (χ1v) is 9.12. The molecule has 0 aliphatic heterocycles. The highest BCUT2D eigenvalue weighted by Crippen LogP contribution is 2.23. The first-order valence-electron chi connectivity index (χ1n) is 9.12. The zero-order valence-electron chi connectivity index (χ0n) is 16.2. The number of aliphatic hydroxyl groups is 1. The lowest BCUT2D eigenvalue weighted by molar-refractivity contribution is 0.0916. The van der Waals surface area contributed by atoms with Gasteiger partial charge in [-0.25, -0.2) is 9.07 Å². The van der Waals surface area contributed by atoms with Gasteiger partial charge in [0.2, 0.25) is 0 Å². The maximum atomic E-state index is 13.8. The Labute approximate surface area is 163 Å². The number of benzene rings is 2. The van der Waals surface area contributed by atoms with Crippen LogP contribution in [0.5, 0.6) is 0 Å². The Kier molecular flexibility index (Phi) is 5.61. The summed E-state index contributed by atoms with van der Waals surface area (Å²) in [6, 6.07) is 13.9. The summed E-state index contributed by atoms with van der Waals surface area (Å²) in [5.74, 6) is -0.806. The summed E-state index contributed by atoms with van der Waals surface area (Å²) in [7, 11) is 0. The summed E-state index contributed by atoms with van der Waals surface area (Å²) < 4.78 is 15.1. The van der Waals surface area contributed by atoms with Crippen molar-refractivity contribution >= 4 is 5.91 Å². The van der Waals surface area contributed by atoms with Crippen LogP contribution in [-0.4, -0.2) is 27.3 Å². The Morgan fingerprint density at radius 1 is 1.18 bits per heavy atom. The predicted molar refractivity (Wildman–Crippen MR) is 106 cm³/mol. The highest BCUT2D eigenvalue weighted by Gasteiger charge is 2.16. The third kappa shape index (κ3) is 4.46. The van der Waals surface area contributed by atoms with E-state index in [-0.39, 0.29) is 23.6 Å². The molecule has 1 heterocycles. The molecule has 3 rings (SSSR count). The van der Waals surface area contributed by atoms with E-state index in [1.807, 2.05) is 24.3 Å². The van der Waals surface area contributed by atoms with Crippen molar-refractivity contribution in [3.63, 3.8) is 0 Å². The molecule has 0 aliphatic rings. The third-order valence-electron chi connectivity index (χ3n) is 4.56. The van der Waals surface area contributed by atoms with Crippen molar-refractivity contribution in [1.29, 1.82) is 0 Å². The van der Waals surface area contributed by atoms with Crippen LogP contribution in [0.4, 0.5) is 4.39 Å². The normalized spacial score (nSPS) is 12.6. The van der Waals surface area contributed by atoms with Gasteiger partial charge in [0.15, 0.2) is 0 Å². The van der Waals surface area contributed by atoms with E-state index in [9.17, 15) is 14.3 Å². The Hall–Kier alpha value is -2.99. The SMILES string of the molecule is CC(C)(C)c1ccc(C(O)CNC(=O)c2cnn(-c3ccccc3F)c2)cc1. The van der Waals surface area contributed by atoms with Gasteiger partial charge < -0.3 is 10.4 Å². The van der Waals surface area contributed by atoms with Gasteiger partial charge >= 0.3 is 0 Å². The fraction of sp³-hybridized carbons (Fsp3) is 0.273. The Morgan fingerprint density at radius 2 is 1.86 bits per heavy atom. The van der Waals surface area contributed by atoms with E-state index in [1.165, 1.54) is 28.7 Å². The monoisotopic (exact) mass is 381 g/mol. The van der Waals surface area contributed by atoms with Crippen LogP contribution in [0.15, 0.2) is 60.9 Å². The number of nitrogens with zero attached hydrogens (tertiary/aromatic N) is 2. The highest BCUT2D eigenvalue weighted by molar-refractivity contribution is 5.93. The molecule has 0 bridgehead atoms. The number of rotatable bonds is 5. The van der Waals surface area contributed by atoms with Crippen LogP contribution in [0.2, 0.25) is 0 Å². The van der Waals surface area contributed by atoms with Crippen molar-refractivity contribution in [1.82, 2.24) is 15.1 Å². The van der Waals surface area contributed by atoms with Crippen molar-refractivity contribution in [2.24, 2.45) is 0 Å². The van der Waals surface area contributed by atoms with Crippen LogP contribution < -0.4 is 5.32 Å². The second-order valence-electron chi connectivity index (χ2n) is 7.72. The second-order valence-corrected chi connectivity index (χ2v) is 7.72. The smallest absolute Gasteiger partial charge is 0.254 e. The van der Waals surface area contributed by atoms with E-state index in [4.69, 9.17) is 0 Å². The Bertz CT molecular complexity index is 958. The number of para-hydroxylation sites is 1. The number of aliphatic hydroxyl groups excluding tert-OH is 1. The van der Waals surface area contributed by atoms with Crippen LogP contribution in [0.3, 0.4) is 0 Å². The number of amides is 1. The zero-order valence-corrected chi connectivity index (χ0v) is 16.2. The van der Waals surface area contributed by atoms with Crippen molar-refractivity contribution in [2.45, 2.75) is 32.3 Å². The average Bonchev–Trinajstić information content (AvgIpc) is 3.15. The van der Waals surface area contributed by atoms with E-state index in [2.05, 4.69) is 31.2 Å². The van der Waals surface area contributed by atoms with Crippen molar-refractivity contribution in [2.75, 3.05) is 6.54 Å². The van der Waals surface area contributed by atoms with Gasteiger partial charge in [0.05, 0.1) is 17.9 Å². The molecular weight excluding hydrogens is 357 g/mol. The van der Waals surface area contributed by atoms with Gasteiger partial charge in [-0.2, -0.15) is 5.10 Å². The van der Waals surface area contributed by atoms with Gasteiger partial charge in [-0.1, -0.05) is 57.2 Å². The second kappa shape index (κ2) is 7.94. The molecule has 0 saturated heterocycles. The predicted octanol–water partition coefficient (Wildman–Crippen LogP) is 3.77. The molecule has 1 unspecified atom stereocenters. The maximum Gasteiger partial charge on any atom is 0.254 e. The fourth-order valence-electron chi connectivity index (χ4n) is 2.82. The average molecular weight is 381 g/mol. The molecule has 0 spiro atoms. The minimum absolute atomic E-state index is 0.0378. The molecule has 6 heteroatoms. The first-order chi connectivity index (χ1) is 13.3. The van der Waals surface area contributed by atoms with Gasteiger partial charge in [0.25, 0.3) is 5.91 Å². The molecule has 0 aliphatic carbocycles. The summed E-state index contributed by atoms with van der Waals surface area (Å²) in [5.41, 5.74) is 2.50. The number of carbonyl (C=O) groups is 1. The van der Waals surface area contributed by atoms with Crippen LogP contribution in [0.25, 0.3) is 5.69 Å². The molecule has 28 heavy (non-hydrogen) atoms. The zero-order chi connectivity index (χ0) is 20.3. The molecular formula is C22H24FN3O2. The molecule has 0 saturated carbocycles. The highest BCUT2D eigenvalue weighted by atomic mass is 19.1. The Morgan fingerprint density at radius 3 is 2.50 bits per heavy atom. The lowest BCUT2D eigenvalue weighted by Gasteiger charge is -2.20. The number of carbonyl (C=O) groups excluding carboxylic acids is 1. The molecule has 0 radical (unpaired) electrons. The number of hydrogen-bond donors (Lipinski definition) is 2. The quantitative estimate of drug-likeness (QED) is 0.707. The summed E-state index contributed by atoms with van der Waals surface area (Å²) in [6.07, 6.45) is 2.00. The number of nitrogens with one attached hydrogen (secondary N) is 1. The molecule has 2 N–H and O–H groups in total. The van der Waals surface area contributed by atoms with Crippen molar-refractivity contribution in [3.8, 4) is 5.69 Å². The van der Waals surface area contributed by atoms with Crippen molar-refractivity contribution in [3.05, 3.63) is 83.4 Å². The number of halogens is 1. The third-order valence-corrected chi connectivity index (χ3v) is 4.56. The molecule has 3 aromatic rings. The summed E-state index contributed by atoms with van der Waals surface area (Å²) >= 11 is 0. The van der Waals surface area contributed by atoms with Gasteiger partial charge in [-0.15, -0.1) is 0 Å². The summed E-state index contributed by atoms with van der Waals surface area (Å²) in [6.45, 7) is 6.44. The first kappa shape index (κ1) is 19.8. The lowest BCUT2D eigenvalue weighted by atomic mass is 9.86. The van der Waals surface area contributed by atoms with Gasteiger partial charge in [0.1, 0.15) is 11.5 Å². The van der Waals surface area contributed by atoms with Crippen LogP contribution in [0, 0.1) is 5.82 Å². The summed E-state index contributed by atoms with van der Waals surface area (Å²) in [5, 5.41) is 17.1. The van der Waals surface area contributed by atoms with E-state index >= 15 is 0 Å².